The van der Waals surface area contributed by atoms with Gasteiger partial charge in [0.2, 0.25) is 0 Å². The van der Waals surface area contributed by atoms with E-state index in [0.29, 0.717) is 27.0 Å². The average Bonchev–Trinajstić information content (AvgIpc) is 3.58. The van der Waals surface area contributed by atoms with Crippen molar-refractivity contribution < 1.29 is 30.0 Å². The molecule has 44 heavy (non-hydrogen) atoms. The lowest BCUT2D eigenvalue weighted by molar-refractivity contribution is 0.594. The van der Waals surface area contributed by atoms with Crippen molar-refractivity contribution >= 4 is 99.2 Å². The molecule has 0 spiro atoms. The van der Waals surface area contributed by atoms with Gasteiger partial charge in [-0.15, -0.1) is 0 Å². The van der Waals surface area contributed by atoms with Gasteiger partial charge in [0.15, 0.2) is 0 Å². The second-order valence-corrected chi connectivity index (χ2v) is 14.3. The maximum absolute atomic E-state index is 13.6. The molecule has 0 atom stereocenters. The predicted molar refractivity (Wildman–Crippen MR) is 172 cm³/mol. The number of nitrogens with zero attached hydrogens (tertiary/aromatic N) is 1. The lowest BCUT2D eigenvalue weighted by Gasteiger charge is -2.09. The number of hydrogen-bond donors (Lipinski definition) is 4. The molecule has 0 aliphatic rings. The number of fused-ring (bicyclic) bond motifs is 2. The van der Waals surface area contributed by atoms with Crippen LogP contribution in [0.25, 0.3) is 21.9 Å². The number of nitrogens with one attached hydrogen (secondary N) is 4. The van der Waals surface area contributed by atoms with Crippen molar-refractivity contribution in [3.8, 4) is 0 Å². The second kappa shape index (κ2) is 12.5. The van der Waals surface area contributed by atoms with E-state index in [4.69, 9.17) is 23.2 Å². The Labute approximate surface area is 272 Å². The van der Waals surface area contributed by atoms with Gasteiger partial charge in [0.1, 0.15) is 37.9 Å². The van der Waals surface area contributed by atoms with Gasteiger partial charge in [0, 0.05) is 49.5 Å². The molecule has 9 nitrogen and oxygen atoms in total. The van der Waals surface area contributed by atoms with Crippen molar-refractivity contribution in [2.75, 3.05) is 9.44 Å². The molecule has 0 saturated carbocycles. The molecule has 0 unspecified atom stereocenters. The monoisotopic (exact) mass is 793 g/mol. The average molecular weight is 794 g/mol. The number of pyridine rings is 1. The van der Waals surface area contributed by atoms with Gasteiger partial charge in [-0.05, 0) is 71.1 Å². The fourth-order valence-corrected chi connectivity index (χ4v) is 7.35. The van der Waals surface area contributed by atoms with Crippen LogP contribution in [0, 0.1) is 21.0 Å². The van der Waals surface area contributed by atoms with Gasteiger partial charge >= 0.3 is 0 Å². The molecule has 0 radical (unpaired) electrons. The molecule has 4 N–H and O–H groups in total. The highest BCUT2D eigenvalue weighted by atomic mass is 127. The van der Waals surface area contributed by atoms with Crippen LogP contribution in [-0.4, -0.2) is 31.8 Å². The third kappa shape index (κ3) is 6.76. The van der Waals surface area contributed by atoms with Crippen molar-refractivity contribution in [2.45, 2.75) is 9.79 Å². The van der Waals surface area contributed by atoms with Gasteiger partial charge in [-0.2, -0.15) is 0 Å². The summed E-state index contributed by atoms with van der Waals surface area (Å²) in [7, 11) is -8.01. The Kier molecular flexibility index (Phi) is 9.04. The Morgan fingerprint density at radius 3 is 2.18 bits per heavy atom. The number of halogens is 6. The normalized spacial score (nSPS) is 11.8. The highest BCUT2D eigenvalue weighted by Crippen LogP contribution is 2.31. The highest BCUT2D eigenvalue weighted by Gasteiger charge is 2.22. The topological polar surface area (TPSA) is 137 Å². The zero-order valence-electron chi connectivity index (χ0n) is 21.7. The summed E-state index contributed by atoms with van der Waals surface area (Å²) in [5, 5.41) is 1.05. The van der Waals surface area contributed by atoms with Crippen molar-refractivity contribution in [1.29, 1.82) is 0 Å². The molecule has 3 aromatic carbocycles. The first-order valence-electron chi connectivity index (χ1n) is 12.1. The molecule has 3 heterocycles. The third-order valence-electron chi connectivity index (χ3n) is 6.01. The predicted octanol–water partition coefficient (Wildman–Crippen LogP) is 7.66. The molecule has 6 aromatic rings. The van der Waals surface area contributed by atoms with Crippen molar-refractivity contribution in [3.05, 3.63) is 110 Å². The number of aromatic amines is 2. The minimum Gasteiger partial charge on any atom is -0.360 e. The first-order valence-corrected chi connectivity index (χ1v) is 16.9. The molecule has 17 heteroatoms. The third-order valence-corrected chi connectivity index (χ3v) is 10.0. The van der Waals surface area contributed by atoms with Crippen LogP contribution in [0.3, 0.4) is 0 Å². The Hall–Kier alpha value is -3.51. The number of rotatable bonds is 6. The van der Waals surface area contributed by atoms with Crippen LogP contribution in [0.15, 0.2) is 89.0 Å². The Morgan fingerprint density at radius 2 is 1.43 bits per heavy atom. The number of sulfonamides is 2. The second-order valence-electron chi connectivity index (χ2n) is 8.98. The van der Waals surface area contributed by atoms with E-state index in [9.17, 15) is 30.0 Å². The van der Waals surface area contributed by atoms with Crippen LogP contribution >= 0.6 is 45.8 Å². The number of H-pyrrole nitrogens is 2. The molecule has 0 amide bonds. The minimum atomic E-state index is -4.08. The van der Waals surface area contributed by atoms with Crippen molar-refractivity contribution in [2.24, 2.45) is 0 Å². The van der Waals surface area contributed by atoms with Gasteiger partial charge in [0.05, 0.1) is 11.4 Å². The van der Waals surface area contributed by atoms with Crippen molar-refractivity contribution in [1.82, 2.24) is 15.0 Å². The van der Waals surface area contributed by atoms with E-state index >= 15 is 0 Å². The van der Waals surface area contributed by atoms with Crippen LogP contribution in [0.5, 0.6) is 0 Å². The maximum atomic E-state index is 13.6. The lowest BCUT2D eigenvalue weighted by atomic mass is 10.2. The summed E-state index contributed by atoms with van der Waals surface area (Å²) >= 11 is 13.6. The molecule has 0 aliphatic heterocycles. The molecule has 3 aromatic heterocycles. The minimum absolute atomic E-state index is 0.0232. The molecular weight excluding hydrogens is 777 g/mol. The van der Waals surface area contributed by atoms with E-state index in [1.807, 2.05) is 27.3 Å². The summed E-state index contributed by atoms with van der Waals surface area (Å²) in [5.41, 5.74) is 0.497. The van der Waals surface area contributed by atoms with Gasteiger partial charge in [-0.25, -0.2) is 35.0 Å². The summed E-state index contributed by atoms with van der Waals surface area (Å²) in [6.45, 7) is 0. The molecular formula is C27H17Cl2F3IN5O4S2. The van der Waals surface area contributed by atoms with E-state index < -0.39 is 43.2 Å². The summed E-state index contributed by atoms with van der Waals surface area (Å²) in [6, 6.07) is 12.9. The van der Waals surface area contributed by atoms with Gasteiger partial charge in [0.25, 0.3) is 20.0 Å². The Balaban J connectivity index is 0.000000175. The van der Waals surface area contributed by atoms with E-state index in [0.717, 1.165) is 27.8 Å². The lowest BCUT2D eigenvalue weighted by Crippen LogP contribution is -2.13. The zero-order chi connectivity index (χ0) is 31.8. The van der Waals surface area contributed by atoms with E-state index in [2.05, 4.69) is 19.7 Å². The zero-order valence-corrected chi connectivity index (χ0v) is 27.0. The number of aromatic nitrogens is 3. The van der Waals surface area contributed by atoms with E-state index in [1.54, 1.807) is 30.5 Å². The van der Waals surface area contributed by atoms with Crippen LogP contribution in [-0.2, 0) is 20.0 Å². The maximum Gasteiger partial charge on any atom is 0.264 e. The van der Waals surface area contributed by atoms with E-state index in [-0.39, 0.29) is 20.5 Å². The molecule has 0 aliphatic carbocycles. The SMILES string of the molecule is O=S(=O)(Nc1cc(F)ccc1F)c1c[nH]c2ncc(I)cc12.O=S(=O)(Nc1cccc(F)c1Cl)c1c[nH]c2cc(Cl)ccc12. The summed E-state index contributed by atoms with van der Waals surface area (Å²) in [6.07, 6.45) is 4.18. The molecule has 228 valence electrons. The van der Waals surface area contributed by atoms with Crippen molar-refractivity contribution in [3.63, 3.8) is 0 Å². The largest absolute Gasteiger partial charge is 0.360 e. The summed E-state index contributed by atoms with van der Waals surface area (Å²) < 4.78 is 95.0. The molecule has 6 rings (SSSR count). The van der Waals surface area contributed by atoms with Gasteiger partial charge in [-0.1, -0.05) is 29.3 Å². The molecule has 0 bridgehead atoms. The van der Waals surface area contributed by atoms with Crippen LogP contribution in [0.4, 0.5) is 24.5 Å². The van der Waals surface area contributed by atoms with Crippen LogP contribution < -0.4 is 9.44 Å². The Morgan fingerprint density at radius 1 is 0.750 bits per heavy atom. The van der Waals surface area contributed by atoms with E-state index in [1.165, 1.54) is 24.5 Å². The van der Waals surface area contributed by atoms with Gasteiger partial charge in [-0.3, -0.25) is 9.44 Å². The smallest absolute Gasteiger partial charge is 0.264 e. The quantitative estimate of drug-likeness (QED) is 0.129. The number of hydrogen-bond acceptors (Lipinski definition) is 5. The van der Waals surface area contributed by atoms with Gasteiger partial charge < -0.3 is 9.97 Å². The molecule has 0 saturated heterocycles. The molecule has 0 fully saturated rings. The standard InChI is InChI=1S/C14H9Cl2FN2O2S.C13H8F2IN3O2S/c15-8-4-5-9-12(6-8)18-7-13(9)22(20,21)19-11-3-1-2-10(17)14(11)16;14-7-1-2-10(15)11(3-7)19-22(20,21)12-6-18-13-9(12)4-8(16)5-17-13/h1-7,18-19H;1-6,19H,(H,17,18). The van der Waals surface area contributed by atoms with Crippen LogP contribution in [0.1, 0.15) is 0 Å². The summed E-state index contributed by atoms with van der Waals surface area (Å²) in [5.74, 6) is -2.31. The summed E-state index contributed by atoms with van der Waals surface area (Å²) in [4.78, 5) is 9.57. The number of benzene rings is 3. The fourth-order valence-electron chi connectivity index (χ4n) is 4.03. The number of anilines is 2. The van der Waals surface area contributed by atoms with Crippen LogP contribution in [0.2, 0.25) is 10.0 Å². The fraction of sp³-hybridized carbons (Fsp3) is 0. The first kappa shape index (κ1) is 31.9. The first-order chi connectivity index (χ1) is 20.7. The Bertz CT molecular complexity index is 2270. The highest BCUT2D eigenvalue weighted by molar-refractivity contribution is 14.1.